The van der Waals surface area contributed by atoms with Gasteiger partial charge < -0.3 is 9.84 Å². The summed E-state index contributed by atoms with van der Waals surface area (Å²) in [6, 6.07) is 0. The molecule has 2 nitrogen and oxygen atoms in total. The van der Waals surface area contributed by atoms with E-state index in [0.717, 1.165) is 32.3 Å². The first-order chi connectivity index (χ1) is 6.67. The predicted molar refractivity (Wildman–Crippen MR) is 58.2 cm³/mol. The summed E-state index contributed by atoms with van der Waals surface area (Å²) >= 11 is 0. The molecule has 2 unspecified atom stereocenters. The van der Waals surface area contributed by atoms with Crippen LogP contribution in [0.1, 0.15) is 46.5 Å². The van der Waals surface area contributed by atoms with Crippen molar-refractivity contribution in [2.24, 2.45) is 11.8 Å². The van der Waals surface area contributed by atoms with Crippen LogP contribution in [-0.4, -0.2) is 23.9 Å². The van der Waals surface area contributed by atoms with E-state index in [-0.39, 0.29) is 6.10 Å². The molecule has 0 aliphatic heterocycles. The number of aliphatic hydroxyl groups excluding tert-OH is 1. The second-order valence-electron chi connectivity index (χ2n) is 4.60. The van der Waals surface area contributed by atoms with Gasteiger partial charge in [-0.3, -0.25) is 0 Å². The zero-order valence-corrected chi connectivity index (χ0v) is 9.70. The maximum atomic E-state index is 9.83. The summed E-state index contributed by atoms with van der Waals surface area (Å²) in [5, 5.41) is 9.83. The van der Waals surface area contributed by atoms with Crippen molar-refractivity contribution < 1.29 is 9.84 Å². The number of rotatable bonds is 6. The lowest BCUT2D eigenvalue weighted by atomic mass is 9.77. The Kier molecular flexibility index (Phi) is 4.90. The summed E-state index contributed by atoms with van der Waals surface area (Å²) in [5.74, 6) is 1.15. The highest BCUT2D eigenvalue weighted by Gasteiger charge is 2.31. The molecule has 1 aliphatic carbocycles. The topological polar surface area (TPSA) is 29.5 Å². The summed E-state index contributed by atoms with van der Waals surface area (Å²) in [5.41, 5.74) is 0. The molecule has 0 aromatic heterocycles. The van der Waals surface area contributed by atoms with Gasteiger partial charge in [0.2, 0.25) is 0 Å². The van der Waals surface area contributed by atoms with E-state index in [9.17, 15) is 5.11 Å². The van der Waals surface area contributed by atoms with Crippen molar-refractivity contribution in [1.29, 1.82) is 0 Å². The quantitative estimate of drug-likeness (QED) is 0.714. The third-order valence-electron chi connectivity index (χ3n) is 3.47. The number of hydrogen-bond donors (Lipinski definition) is 1. The molecule has 0 radical (unpaired) electrons. The Labute approximate surface area is 87.7 Å². The smallest absolute Gasteiger partial charge is 0.0580 e. The third kappa shape index (κ3) is 3.25. The van der Waals surface area contributed by atoms with Gasteiger partial charge in [0.1, 0.15) is 0 Å². The summed E-state index contributed by atoms with van der Waals surface area (Å²) in [6.07, 6.45) is 4.73. The Morgan fingerprint density at radius 2 is 2.00 bits per heavy atom. The molecule has 1 aliphatic rings. The molecule has 2 atom stereocenters. The highest BCUT2D eigenvalue weighted by atomic mass is 16.5. The van der Waals surface area contributed by atoms with Crippen molar-refractivity contribution in [3.8, 4) is 0 Å². The second-order valence-corrected chi connectivity index (χ2v) is 4.60. The fourth-order valence-corrected chi connectivity index (χ4v) is 2.08. The zero-order chi connectivity index (χ0) is 10.6. The Balaban J connectivity index is 2.10. The van der Waals surface area contributed by atoms with E-state index in [2.05, 4.69) is 13.8 Å². The Morgan fingerprint density at radius 3 is 2.50 bits per heavy atom. The van der Waals surface area contributed by atoms with Crippen LogP contribution in [0, 0.1) is 11.8 Å². The lowest BCUT2D eigenvalue weighted by molar-refractivity contribution is -0.0429. The van der Waals surface area contributed by atoms with Gasteiger partial charge in [-0.05, 0) is 38.0 Å². The van der Waals surface area contributed by atoms with Gasteiger partial charge in [0, 0.05) is 6.61 Å². The van der Waals surface area contributed by atoms with Crippen LogP contribution < -0.4 is 0 Å². The lowest BCUT2D eigenvalue weighted by Gasteiger charge is -2.36. The average molecular weight is 200 g/mol. The van der Waals surface area contributed by atoms with Crippen LogP contribution in [0.4, 0.5) is 0 Å². The van der Waals surface area contributed by atoms with Crippen LogP contribution in [-0.2, 0) is 4.74 Å². The van der Waals surface area contributed by atoms with Crippen molar-refractivity contribution in [3.63, 3.8) is 0 Å². The van der Waals surface area contributed by atoms with E-state index >= 15 is 0 Å². The number of ether oxygens (including phenoxy) is 1. The molecule has 1 N–H and O–H groups in total. The van der Waals surface area contributed by atoms with E-state index in [4.69, 9.17) is 4.74 Å². The normalized spacial score (nSPS) is 30.9. The van der Waals surface area contributed by atoms with Gasteiger partial charge in [-0.2, -0.15) is 0 Å². The molecule has 14 heavy (non-hydrogen) atoms. The van der Waals surface area contributed by atoms with Crippen molar-refractivity contribution in [1.82, 2.24) is 0 Å². The highest BCUT2D eigenvalue weighted by molar-refractivity contribution is 4.83. The molecule has 0 aromatic carbocycles. The molecule has 0 aromatic rings. The first-order valence-electron chi connectivity index (χ1n) is 5.97. The first-order valence-corrected chi connectivity index (χ1v) is 5.97. The van der Waals surface area contributed by atoms with Crippen LogP contribution in [0.2, 0.25) is 0 Å². The first kappa shape index (κ1) is 12.0. The van der Waals surface area contributed by atoms with E-state index in [1.165, 1.54) is 0 Å². The monoisotopic (exact) mass is 200 g/mol. The summed E-state index contributed by atoms with van der Waals surface area (Å²) in [4.78, 5) is 0. The predicted octanol–water partition coefficient (Wildman–Crippen LogP) is 2.60. The Hall–Kier alpha value is -0.0800. The molecule has 0 amide bonds. The minimum Gasteiger partial charge on any atom is -0.393 e. The number of aliphatic hydroxyl groups is 1. The van der Waals surface area contributed by atoms with Gasteiger partial charge in [0.15, 0.2) is 0 Å². The van der Waals surface area contributed by atoms with Gasteiger partial charge >= 0.3 is 0 Å². The minimum absolute atomic E-state index is 0.104. The SMILES string of the molecule is CCOC1CC(CC(O)C(C)CC)C1. The van der Waals surface area contributed by atoms with Crippen LogP contribution >= 0.6 is 0 Å². The molecule has 1 saturated carbocycles. The molecule has 2 heteroatoms. The Morgan fingerprint density at radius 1 is 1.36 bits per heavy atom. The van der Waals surface area contributed by atoms with Crippen LogP contribution in [0.3, 0.4) is 0 Å². The average Bonchev–Trinajstić information content (AvgIpc) is 2.13. The lowest BCUT2D eigenvalue weighted by Crippen LogP contribution is -2.34. The van der Waals surface area contributed by atoms with Gasteiger partial charge in [-0.25, -0.2) is 0 Å². The molecule has 0 spiro atoms. The van der Waals surface area contributed by atoms with Crippen LogP contribution in [0.5, 0.6) is 0 Å². The van der Waals surface area contributed by atoms with E-state index < -0.39 is 0 Å². The van der Waals surface area contributed by atoms with Gasteiger partial charge in [-0.1, -0.05) is 20.3 Å². The van der Waals surface area contributed by atoms with Crippen molar-refractivity contribution in [2.75, 3.05) is 6.61 Å². The highest BCUT2D eigenvalue weighted by Crippen LogP contribution is 2.34. The van der Waals surface area contributed by atoms with E-state index in [1.54, 1.807) is 0 Å². The largest absolute Gasteiger partial charge is 0.393 e. The van der Waals surface area contributed by atoms with Crippen molar-refractivity contribution in [3.05, 3.63) is 0 Å². The molecule has 84 valence electrons. The summed E-state index contributed by atoms with van der Waals surface area (Å²) in [6.45, 7) is 7.13. The third-order valence-corrected chi connectivity index (χ3v) is 3.47. The van der Waals surface area contributed by atoms with Gasteiger partial charge in [0.05, 0.1) is 12.2 Å². The molecular weight excluding hydrogens is 176 g/mol. The second kappa shape index (κ2) is 5.72. The standard InChI is InChI=1S/C12H24O2/c1-4-9(3)12(13)8-10-6-11(7-10)14-5-2/h9-13H,4-8H2,1-3H3. The summed E-state index contributed by atoms with van der Waals surface area (Å²) < 4.78 is 5.49. The maximum absolute atomic E-state index is 9.83. The molecule has 0 bridgehead atoms. The molecule has 0 saturated heterocycles. The Bertz CT molecular complexity index is 152. The van der Waals surface area contributed by atoms with Crippen LogP contribution in [0.25, 0.3) is 0 Å². The van der Waals surface area contributed by atoms with Crippen molar-refractivity contribution >= 4 is 0 Å². The molecular formula is C12H24O2. The fraction of sp³-hybridized carbons (Fsp3) is 1.00. The molecule has 1 fully saturated rings. The van der Waals surface area contributed by atoms with Crippen LogP contribution in [0.15, 0.2) is 0 Å². The minimum atomic E-state index is -0.104. The molecule has 0 heterocycles. The fourth-order valence-electron chi connectivity index (χ4n) is 2.08. The zero-order valence-electron chi connectivity index (χ0n) is 9.70. The summed E-state index contributed by atoms with van der Waals surface area (Å²) in [7, 11) is 0. The van der Waals surface area contributed by atoms with Crippen molar-refractivity contribution in [2.45, 2.75) is 58.7 Å². The van der Waals surface area contributed by atoms with E-state index in [1.807, 2.05) is 6.92 Å². The molecule has 1 rings (SSSR count). The van der Waals surface area contributed by atoms with Gasteiger partial charge in [0.25, 0.3) is 0 Å². The number of hydrogen-bond acceptors (Lipinski definition) is 2. The van der Waals surface area contributed by atoms with E-state index in [0.29, 0.717) is 17.9 Å². The maximum Gasteiger partial charge on any atom is 0.0580 e. The van der Waals surface area contributed by atoms with Gasteiger partial charge in [-0.15, -0.1) is 0 Å².